The lowest BCUT2D eigenvalue weighted by Crippen LogP contribution is -2.31. The molecule has 0 radical (unpaired) electrons. The number of ether oxygens (including phenoxy) is 1. The molecule has 1 aromatic carbocycles. The van der Waals surface area contributed by atoms with E-state index in [2.05, 4.69) is 46.1 Å². The highest BCUT2D eigenvalue weighted by atomic mass is 79.9. The van der Waals surface area contributed by atoms with Gasteiger partial charge in [-0.2, -0.15) is 0 Å². The normalized spacial score (nSPS) is 20.1. The zero-order chi connectivity index (χ0) is 12.3. The predicted molar refractivity (Wildman–Crippen MR) is 72.7 cm³/mol. The molecule has 17 heavy (non-hydrogen) atoms. The smallest absolute Gasteiger partial charge is 0.0622 e. The molecule has 2 rings (SSSR count). The summed E-state index contributed by atoms with van der Waals surface area (Å²) in [5, 5.41) is 0. The number of nitrogens with zero attached hydrogens (tertiary/aromatic N) is 1. The van der Waals surface area contributed by atoms with Crippen LogP contribution in [0.25, 0.3) is 0 Å². The van der Waals surface area contributed by atoms with Crippen molar-refractivity contribution in [2.75, 3.05) is 20.3 Å². The standard InChI is InChI=1S/C13H19BrN2O/c1-16(12-4-5-17-9-12)8-11-3-2-10(7-15)6-13(11)14/h2-3,6,12H,4-5,7-9,15H2,1H3. The highest BCUT2D eigenvalue weighted by molar-refractivity contribution is 9.10. The second-order valence-corrected chi connectivity index (χ2v) is 5.42. The van der Waals surface area contributed by atoms with Crippen molar-refractivity contribution < 1.29 is 4.74 Å². The lowest BCUT2D eigenvalue weighted by molar-refractivity contribution is 0.156. The summed E-state index contributed by atoms with van der Waals surface area (Å²) in [6.45, 7) is 3.28. The molecule has 0 spiro atoms. The van der Waals surface area contributed by atoms with E-state index in [1.165, 1.54) is 5.56 Å². The Hall–Kier alpha value is -0.420. The van der Waals surface area contributed by atoms with Gasteiger partial charge in [0.05, 0.1) is 6.61 Å². The molecule has 1 aliphatic heterocycles. The number of halogens is 1. The first-order valence-electron chi connectivity index (χ1n) is 5.96. The van der Waals surface area contributed by atoms with Crippen molar-refractivity contribution in [3.05, 3.63) is 33.8 Å². The van der Waals surface area contributed by atoms with Crippen molar-refractivity contribution in [1.29, 1.82) is 0 Å². The van der Waals surface area contributed by atoms with Gasteiger partial charge in [-0.25, -0.2) is 0 Å². The maximum atomic E-state index is 5.62. The third kappa shape index (κ3) is 3.28. The first-order valence-corrected chi connectivity index (χ1v) is 6.75. The highest BCUT2D eigenvalue weighted by Crippen LogP contribution is 2.22. The van der Waals surface area contributed by atoms with Crippen LogP contribution in [0, 0.1) is 0 Å². The average molecular weight is 299 g/mol. The summed E-state index contributed by atoms with van der Waals surface area (Å²) < 4.78 is 6.56. The fourth-order valence-corrected chi connectivity index (χ4v) is 2.67. The number of hydrogen-bond acceptors (Lipinski definition) is 3. The van der Waals surface area contributed by atoms with Crippen LogP contribution in [-0.2, 0) is 17.8 Å². The van der Waals surface area contributed by atoms with Gasteiger partial charge < -0.3 is 10.5 Å². The number of likely N-dealkylation sites (N-methyl/N-ethyl adjacent to an activating group) is 1. The zero-order valence-corrected chi connectivity index (χ0v) is 11.7. The third-order valence-electron chi connectivity index (χ3n) is 3.30. The van der Waals surface area contributed by atoms with Crippen LogP contribution in [-0.4, -0.2) is 31.2 Å². The molecule has 4 heteroatoms. The van der Waals surface area contributed by atoms with E-state index in [1.807, 2.05) is 0 Å². The van der Waals surface area contributed by atoms with Crippen LogP contribution in [0.15, 0.2) is 22.7 Å². The van der Waals surface area contributed by atoms with E-state index in [0.29, 0.717) is 12.6 Å². The summed E-state index contributed by atoms with van der Waals surface area (Å²) >= 11 is 3.61. The van der Waals surface area contributed by atoms with E-state index in [0.717, 1.165) is 36.2 Å². The Bertz CT molecular complexity index is 378. The van der Waals surface area contributed by atoms with Crippen LogP contribution in [0.5, 0.6) is 0 Å². The van der Waals surface area contributed by atoms with Crippen molar-refractivity contribution >= 4 is 15.9 Å². The minimum atomic E-state index is 0.552. The molecule has 1 unspecified atom stereocenters. The summed E-state index contributed by atoms with van der Waals surface area (Å²) in [4.78, 5) is 2.36. The lowest BCUT2D eigenvalue weighted by atomic mass is 10.1. The van der Waals surface area contributed by atoms with Crippen molar-refractivity contribution in [3.63, 3.8) is 0 Å². The number of nitrogens with two attached hydrogens (primary N) is 1. The molecule has 1 aliphatic rings. The number of rotatable bonds is 4. The number of benzene rings is 1. The molecule has 0 aliphatic carbocycles. The summed E-state index contributed by atoms with van der Waals surface area (Å²) in [5.74, 6) is 0. The molecule has 0 bridgehead atoms. The lowest BCUT2D eigenvalue weighted by Gasteiger charge is -2.23. The van der Waals surface area contributed by atoms with E-state index in [1.54, 1.807) is 0 Å². The molecule has 0 saturated carbocycles. The van der Waals surface area contributed by atoms with Crippen LogP contribution in [0.2, 0.25) is 0 Å². The first kappa shape index (κ1) is 13.0. The molecular formula is C13H19BrN2O. The molecule has 94 valence electrons. The highest BCUT2D eigenvalue weighted by Gasteiger charge is 2.20. The molecule has 1 atom stereocenters. The van der Waals surface area contributed by atoms with Gasteiger partial charge in [0.15, 0.2) is 0 Å². The van der Waals surface area contributed by atoms with E-state index in [-0.39, 0.29) is 0 Å². The Morgan fingerprint density at radius 2 is 2.35 bits per heavy atom. The SMILES string of the molecule is CN(Cc1ccc(CN)cc1Br)C1CCOC1. The van der Waals surface area contributed by atoms with Gasteiger partial charge in [-0.15, -0.1) is 0 Å². The Morgan fingerprint density at radius 3 is 2.94 bits per heavy atom. The van der Waals surface area contributed by atoms with Crippen LogP contribution >= 0.6 is 15.9 Å². The second-order valence-electron chi connectivity index (χ2n) is 4.56. The minimum absolute atomic E-state index is 0.552. The summed E-state index contributed by atoms with van der Waals surface area (Å²) in [6, 6.07) is 6.91. The quantitative estimate of drug-likeness (QED) is 0.925. The summed E-state index contributed by atoms with van der Waals surface area (Å²) in [5.41, 5.74) is 8.08. The Labute approximate surface area is 111 Å². The second kappa shape index (κ2) is 5.96. The number of hydrogen-bond donors (Lipinski definition) is 1. The Kier molecular flexibility index (Phi) is 4.56. The molecule has 3 nitrogen and oxygen atoms in total. The van der Waals surface area contributed by atoms with Crippen molar-refractivity contribution in [2.45, 2.75) is 25.6 Å². The van der Waals surface area contributed by atoms with E-state index in [4.69, 9.17) is 10.5 Å². The molecule has 1 fully saturated rings. The summed E-state index contributed by atoms with van der Waals surface area (Å²) in [7, 11) is 2.16. The third-order valence-corrected chi connectivity index (χ3v) is 4.04. The maximum absolute atomic E-state index is 5.62. The van der Waals surface area contributed by atoms with E-state index >= 15 is 0 Å². The van der Waals surface area contributed by atoms with Gasteiger partial charge in [0.2, 0.25) is 0 Å². The molecule has 0 amide bonds. The minimum Gasteiger partial charge on any atom is -0.380 e. The first-order chi connectivity index (χ1) is 8.20. The van der Waals surface area contributed by atoms with Gasteiger partial charge >= 0.3 is 0 Å². The maximum Gasteiger partial charge on any atom is 0.0622 e. The van der Waals surface area contributed by atoms with Crippen molar-refractivity contribution in [2.24, 2.45) is 5.73 Å². The van der Waals surface area contributed by atoms with Crippen LogP contribution in [0.3, 0.4) is 0 Å². The fraction of sp³-hybridized carbons (Fsp3) is 0.538. The van der Waals surface area contributed by atoms with Gasteiger partial charge in [-0.1, -0.05) is 28.1 Å². The van der Waals surface area contributed by atoms with E-state index in [9.17, 15) is 0 Å². The average Bonchev–Trinajstić information content (AvgIpc) is 2.85. The van der Waals surface area contributed by atoms with Crippen LogP contribution in [0.1, 0.15) is 17.5 Å². The monoisotopic (exact) mass is 298 g/mol. The molecule has 1 heterocycles. The van der Waals surface area contributed by atoms with Gasteiger partial charge in [0.1, 0.15) is 0 Å². The van der Waals surface area contributed by atoms with Crippen LogP contribution < -0.4 is 5.73 Å². The van der Waals surface area contributed by atoms with E-state index < -0.39 is 0 Å². The van der Waals surface area contributed by atoms with Gasteiger partial charge in [-0.05, 0) is 30.7 Å². The molecule has 0 aromatic heterocycles. The van der Waals surface area contributed by atoms with Gasteiger partial charge in [0.25, 0.3) is 0 Å². The van der Waals surface area contributed by atoms with Crippen molar-refractivity contribution in [3.8, 4) is 0 Å². The van der Waals surface area contributed by atoms with Gasteiger partial charge in [-0.3, -0.25) is 4.90 Å². The Balaban J connectivity index is 2.02. The zero-order valence-electron chi connectivity index (χ0n) is 10.2. The fourth-order valence-electron chi connectivity index (χ4n) is 2.11. The predicted octanol–water partition coefficient (Wildman–Crippen LogP) is 2.13. The van der Waals surface area contributed by atoms with Crippen molar-refractivity contribution in [1.82, 2.24) is 4.90 Å². The Morgan fingerprint density at radius 1 is 1.53 bits per heavy atom. The van der Waals surface area contributed by atoms with Gasteiger partial charge in [0, 0.05) is 30.2 Å². The topological polar surface area (TPSA) is 38.5 Å². The molecular weight excluding hydrogens is 280 g/mol. The van der Waals surface area contributed by atoms with Crippen LogP contribution in [0.4, 0.5) is 0 Å². The molecule has 1 saturated heterocycles. The molecule has 2 N–H and O–H groups in total. The largest absolute Gasteiger partial charge is 0.380 e. The molecule has 1 aromatic rings. The summed E-state index contributed by atoms with van der Waals surface area (Å²) in [6.07, 6.45) is 1.13.